The molecule has 1 aromatic rings. The molecule has 0 aliphatic heterocycles. The summed E-state index contributed by atoms with van der Waals surface area (Å²) in [6, 6.07) is 0. The number of aromatic amines is 1. The highest BCUT2D eigenvalue weighted by Gasteiger charge is 2.02. The Balaban J connectivity index is 2.61. The summed E-state index contributed by atoms with van der Waals surface area (Å²) < 4.78 is 1.34. The van der Waals surface area contributed by atoms with Crippen molar-refractivity contribution in [2.45, 2.75) is 32.7 Å². The lowest BCUT2D eigenvalue weighted by Crippen LogP contribution is -2.29. The van der Waals surface area contributed by atoms with Crippen LogP contribution < -0.4 is 11.2 Å². The summed E-state index contributed by atoms with van der Waals surface area (Å²) in [5, 5.41) is -0.00818. The lowest BCUT2D eigenvalue weighted by atomic mass is 10.2. The van der Waals surface area contributed by atoms with Gasteiger partial charge in [0.25, 0.3) is 5.56 Å². The predicted molar refractivity (Wildman–Crippen MR) is 60.9 cm³/mol. The second kappa shape index (κ2) is 5.65. The van der Waals surface area contributed by atoms with Crippen LogP contribution in [0.3, 0.4) is 0 Å². The highest BCUT2D eigenvalue weighted by Crippen LogP contribution is 2.00. The molecule has 88 valence electrons. The molecule has 5 nitrogen and oxygen atoms in total. The lowest BCUT2D eigenvalue weighted by molar-refractivity contribution is -0.117. The number of hydrogen-bond acceptors (Lipinski definition) is 3. The number of ketones is 1. The fourth-order valence-electron chi connectivity index (χ4n) is 1.30. The molecular formula is C10H13ClN2O3. The van der Waals surface area contributed by atoms with Crippen LogP contribution in [0.4, 0.5) is 0 Å². The predicted octanol–water partition coefficient (Wildman–Crippen LogP) is 0.949. The van der Waals surface area contributed by atoms with Crippen molar-refractivity contribution in [1.82, 2.24) is 9.55 Å². The van der Waals surface area contributed by atoms with E-state index < -0.39 is 11.2 Å². The zero-order valence-corrected chi connectivity index (χ0v) is 9.71. The molecular weight excluding hydrogens is 232 g/mol. The molecule has 16 heavy (non-hydrogen) atoms. The Morgan fingerprint density at radius 2 is 2.12 bits per heavy atom. The molecule has 0 saturated carbocycles. The van der Waals surface area contributed by atoms with Gasteiger partial charge in [-0.15, -0.1) is 0 Å². The molecule has 0 saturated heterocycles. The largest absolute Gasteiger partial charge is 0.328 e. The first-order valence-electron chi connectivity index (χ1n) is 4.99. The molecule has 0 unspecified atom stereocenters. The van der Waals surface area contributed by atoms with E-state index in [4.69, 9.17) is 11.6 Å². The number of unbranched alkanes of at least 4 members (excludes halogenated alkanes) is 1. The van der Waals surface area contributed by atoms with Gasteiger partial charge in [-0.25, -0.2) is 4.79 Å². The van der Waals surface area contributed by atoms with Crippen LogP contribution in [0.5, 0.6) is 0 Å². The van der Waals surface area contributed by atoms with E-state index in [2.05, 4.69) is 4.98 Å². The number of Topliss-reactive ketones (excluding diaryl/α,β-unsaturated/α-hetero) is 1. The Hall–Kier alpha value is -1.36. The average molecular weight is 245 g/mol. The number of nitrogens with one attached hydrogen (secondary N) is 1. The minimum Gasteiger partial charge on any atom is -0.300 e. The number of H-pyrrole nitrogens is 1. The average Bonchev–Trinajstić information content (AvgIpc) is 2.19. The maximum atomic E-state index is 11.3. The van der Waals surface area contributed by atoms with E-state index in [9.17, 15) is 14.4 Å². The molecule has 0 fully saturated rings. The first-order valence-corrected chi connectivity index (χ1v) is 5.37. The molecule has 0 bridgehead atoms. The summed E-state index contributed by atoms with van der Waals surface area (Å²) in [5.41, 5.74) is -1.05. The van der Waals surface area contributed by atoms with Crippen LogP contribution in [0.1, 0.15) is 26.2 Å². The van der Waals surface area contributed by atoms with Gasteiger partial charge in [0.15, 0.2) is 0 Å². The van der Waals surface area contributed by atoms with Crippen molar-refractivity contribution in [3.8, 4) is 0 Å². The monoisotopic (exact) mass is 244 g/mol. The van der Waals surface area contributed by atoms with Crippen molar-refractivity contribution < 1.29 is 4.79 Å². The van der Waals surface area contributed by atoms with E-state index in [1.165, 1.54) is 17.7 Å². The fourth-order valence-corrected chi connectivity index (χ4v) is 1.47. The molecule has 0 atom stereocenters. The molecule has 1 aromatic heterocycles. The molecule has 0 spiro atoms. The minimum atomic E-state index is -0.577. The Morgan fingerprint density at radius 3 is 2.75 bits per heavy atom. The minimum absolute atomic E-state index is 0.00818. The van der Waals surface area contributed by atoms with Gasteiger partial charge < -0.3 is 4.79 Å². The summed E-state index contributed by atoms with van der Waals surface area (Å²) in [4.78, 5) is 35.1. The number of rotatable bonds is 5. The van der Waals surface area contributed by atoms with Crippen LogP contribution in [0.25, 0.3) is 0 Å². The van der Waals surface area contributed by atoms with Gasteiger partial charge in [0.2, 0.25) is 0 Å². The van der Waals surface area contributed by atoms with Gasteiger partial charge in [-0.1, -0.05) is 11.6 Å². The van der Waals surface area contributed by atoms with Crippen LogP contribution in [0.2, 0.25) is 5.02 Å². The molecule has 6 heteroatoms. The molecule has 0 aromatic carbocycles. The Kier molecular flexibility index (Phi) is 4.49. The summed E-state index contributed by atoms with van der Waals surface area (Å²) in [6.07, 6.45) is 3.24. The van der Waals surface area contributed by atoms with E-state index in [0.29, 0.717) is 19.4 Å². The van der Waals surface area contributed by atoms with Crippen molar-refractivity contribution in [3.05, 3.63) is 32.1 Å². The molecule has 1 N–H and O–H groups in total. The number of halogens is 1. The smallest absolute Gasteiger partial charge is 0.300 e. The van der Waals surface area contributed by atoms with Gasteiger partial charge >= 0.3 is 5.69 Å². The Morgan fingerprint density at radius 1 is 1.44 bits per heavy atom. The van der Waals surface area contributed by atoms with Crippen LogP contribution in [-0.4, -0.2) is 15.3 Å². The molecule has 0 aliphatic rings. The summed E-state index contributed by atoms with van der Waals surface area (Å²) in [5.74, 6) is 0.131. The molecule has 0 radical (unpaired) electrons. The normalized spacial score (nSPS) is 10.4. The van der Waals surface area contributed by atoms with Gasteiger partial charge in [-0.2, -0.15) is 0 Å². The number of hydrogen-bond donors (Lipinski definition) is 1. The second-order valence-corrected chi connectivity index (χ2v) is 4.00. The quantitative estimate of drug-likeness (QED) is 0.784. The van der Waals surface area contributed by atoms with E-state index in [0.717, 1.165) is 6.42 Å². The number of aryl methyl sites for hydroxylation is 1. The first-order chi connectivity index (χ1) is 7.50. The third-order valence-electron chi connectivity index (χ3n) is 2.15. The van der Waals surface area contributed by atoms with Crippen LogP contribution in [-0.2, 0) is 11.3 Å². The molecule has 0 amide bonds. The third kappa shape index (κ3) is 3.66. The summed E-state index contributed by atoms with van der Waals surface area (Å²) in [6.45, 7) is 1.98. The molecule has 1 heterocycles. The van der Waals surface area contributed by atoms with Crippen LogP contribution in [0.15, 0.2) is 15.8 Å². The van der Waals surface area contributed by atoms with Gasteiger partial charge in [0, 0.05) is 19.2 Å². The van der Waals surface area contributed by atoms with Gasteiger partial charge in [-0.05, 0) is 19.8 Å². The standard InChI is InChI=1S/C10H13ClN2O3/c1-7(14)4-2-3-5-13-6-8(11)9(15)12-10(13)16/h6H,2-5H2,1H3,(H,12,15,16). The Labute approximate surface area is 97.1 Å². The number of carbonyl (C=O) groups is 1. The van der Waals surface area contributed by atoms with Gasteiger partial charge in [0.1, 0.15) is 10.8 Å². The summed E-state index contributed by atoms with van der Waals surface area (Å²) in [7, 11) is 0. The maximum Gasteiger partial charge on any atom is 0.328 e. The Bertz CT molecular complexity index is 490. The van der Waals surface area contributed by atoms with E-state index in [1.807, 2.05) is 0 Å². The second-order valence-electron chi connectivity index (χ2n) is 3.59. The third-order valence-corrected chi connectivity index (χ3v) is 2.41. The number of nitrogens with zero attached hydrogens (tertiary/aromatic N) is 1. The van der Waals surface area contributed by atoms with Crippen LogP contribution in [0, 0.1) is 0 Å². The van der Waals surface area contributed by atoms with Gasteiger partial charge in [-0.3, -0.25) is 14.3 Å². The maximum absolute atomic E-state index is 11.3. The van der Waals surface area contributed by atoms with Crippen molar-refractivity contribution >= 4 is 17.4 Å². The van der Waals surface area contributed by atoms with Gasteiger partial charge in [0.05, 0.1) is 0 Å². The van der Waals surface area contributed by atoms with Crippen molar-refractivity contribution in [2.24, 2.45) is 0 Å². The van der Waals surface area contributed by atoms with Crippen molar-refractivity contribution in [1.29, 1.82) is 0 Å². The highest BCUT2D eigenvalue weighted by molar-refractivity contribution is 6.30. The highest BCUT2D eigenvalue weighted by atomic mass is 35.5. The number of aromatic nitrogens is 2. The zero-order valence-electron chi connectivity index (χ0n) is 8.96. The first kappa shape index (κ1) is 12.7. The van der Waals surface area contributed by atoms with Crippen LogP contribution >= 0.6 is 11.6 Å². The number of carbonyl (C=O) groups excluding carboxylic acids is 1. The topological polar surface area (TPSA) is 71.9 Å². The van der Waals surface area contributed by atoms with Crippen molar-refractivity contribution in [3.63, 3.8) is 0 Å². The van der Waals surface area contributed by atoms with E-state index in [1.54, 1.807) is 0 Å². The van der Waals surface area contributed by atoms with E-state index >= 15 is 0 Å². The SMILES string of the molecule is CC(=O)CCCCn1cc(Cl)c(=O)[nH]c1=O. The zero-order chi connectivity index (χ0) is 12.1. The van der Waals surface area contributed by atoms with Crippen molar-refractivity contribution in [2.75, 3.05) is 0 Å². The van der Waals surface area contributed by atoms with E-state index in [-0.39, 0.29) is 10.8 Å². The lowest BCUT2D eigenvalue weighted by Gasteiger charge is -2.04. The summed E-state index contributed by atoms with van der Waals surface area (Å²) >= 11 is 5.59. The molecule has 0 aliphatic carbocycles. The molecule has 1 rings (SSSR count). The fraction of sp³-hybridized carbons (Fsp3) is 0.500.